The van der Waals surface area contributed by atoms with E-state index < -0.39 is 11.7 Å². The molecule has 1 aliphatic heterocycles. The number of nitrogens with one attached hydrogen (secondary N) is 1. The topological polar surface area (TPSA) is 59.8 Å². The lowest BCUT2D eigenvalue weighted by Gasteiger charge is -2.23. The lowest BCUT2D eigenvalue weighted by molar-refractivity contribution is -0.138. The fourth-order valence-corrected chi connectivity index (χ4v) is 3.79. The summed E-state index contributed by atoms with van der Waals surface area (Å²) >= 11 is 0. The lowest BCUT2D eigenvalue weighted by Crippen LogP contribution is -2.32. The molecule has 1 aliphatic rings. The summed E-state index contributed by atoms with van der Waals surface area (Å²) in [6, 6.07) is 7.06. The third-order valence-corrected chi connectivity index (χ3v) is 5.18. The molecule has 0 aliphatic carbocycles. The highest BCUT2D eigenvalue weighted by atomic mass is 19.4. The molecular weight excluding hydrogens is 393 g/mol. The van der Waals surface area contributed by atoms with Gasteiger partial charge in [-0.2, -0.15) is 13.2 Å². The molecule has 0 saturated carbocycles. The van der Waals surface area contributed by atoms with E-state index in [9.17, 15) is 18.0 Å². The molecule has 0 spiro atoms. The fourth-order valence-electron chi connectivity index (χ4n) is 3.79. The molecule has 8 heteroatoms. The van der Waals surface area contributed by atoms with Gasteiger partial charge in [0.1, 0.15) is 5.52 Å². The van der Waals surface area contributed by atoms with Crippen LogP contribution in [0.4, 0.5) is 13.2 Å². The van der Waals surface area contributed by atoms with Crippen molar-refractivity contribution in [1.29, 1.82) is 0 Å². The molecule has 0 amide bonds. The van der Waals surface area contributed by atoms with Crippen molar-refractivity contribution in [2.45, 2.75) is 45.3 Å². The van der Waals surface area contributed by atoms with Gasteiger partial charge >= 0.3 is 6.18 Å². The minimum atomic E-state index is -4.49. The molecular formula is C22H25F3N4O. The third kappa shape index (κ3) is 4.53. The van der Waals surface area contributed by atoms with Crippen molar-refractivity contribution in [3.63, 3.8) is 0 Å². The molecule has 1 N–H and O–H groups in total. The first-order chi connectivity index (χ1) is 14.4. The van der Waals surface area contributed by atoms with Crippen LogP contribution in [0.2, 0.25) is 0 Å². The van der Waals surface area contributed by atoms with Gasteiger partial charge in [0.25, 0.3) is 5.56 Å². The summed E-state index contributed by atoms with van der Waals surface area (Å²) in [6.45, 7) is 5.40. The van der Waals surface area contributed by atoms with Crippen molar-refractivity contribution < 1.29 is 13.2 Å². The monoisotopic (exact) mass is 418 g/mol. The minimum Gasteiger partial charge on any atom is -0.317 e. The number of benzene rings is 1. The van der Waals surface area contributed by atoms with Crippen molar-refractivity contribution in [2.75, 3.05) is 13.1 Å². The number of fused-ring (bicyclic) bond motifs is 1. The average Bonchev–Trinajstić information content (AvgIpc) is 2.77. The number of aromatic nitrogens is 3. The molecule has 30 heavy (non-hydrogen) atoms. The van der Waals surface area contributed by atoms with Gasteiger partial charge in [-0.3, -0.25) is 14.3 Å². The van der Waals surface area contributed by atoms with E-state index in [0.717, 1.165) is 32.0 Å². The van der Waals surface area contributed by atoms with Crippen LogP contribution in [0, 0.1) is 0 Å². The van der Waals surface area contributed by atoms with Crippen molar-refractivity contribution >= 4 is 11.2 Å². The number of hydrogen-bond donors (Lipinski definition) is 1. The largest absolute Gasteiger partial charge is 0.416 e. The van der Waals surface area contributed by atoms with E-state index >= 15 is 0 Å². The maximum absolute atomic E-state index is 13.4. The van der Waals surface area contributed by atoms with Crippen LogP contribution in [0.25, 0.3) is 11.2 Å². The minimum absolute atomic E-state index is 0.0338. The van der Waals surface area contributed by atoms with Crippen LogP contribution >= 0.6 is 0 Å². The summed E-state index contributed by atoms with van der Waals surface area (Å²) in [4.78, 5) is 21.8. The highest BCUT2D eigenvalue weighted by Crippen LogP contribution is 2.32. The van der Waals surface area contributed by atoms with Crippen molar-refractivity contribution in [1.82, 2.24) is 19.9 Å². The Balaban J connectivity index is 0.00000124. The van der Waals surface area contributed by atoms with E-state index in [0.29, 0.717) is 16.7 Å². The molecule has 5 nitrogen and oxygen atoms in total. The van der Waals surface area contributed by atoms with Gasteiger partial charge in [0.15, 0.2) is 5.65 Å². The number of halogens is 3. The molecule has 3 heterocycles. The molecule has 0 unspecified atom stereocenters. The first kappa shape index (κ1) is 22.0. The quantitative estimate of drug-likeness (QED) is 0.687. The molecule has 1 saturated heterocycles. The standard InChI is InChI=1S/C20H19F3N4O.C2H6/c21-20(22,23)16-4-2-1-3-14(16)12-27-18-17(25-9-10-26-18)11-15(19(27)28)13-5-7-24-8-6-13;1-2/h1-4,9-11,13,24H,5-8,12H2;1-2H3. The molecule has 4 rings (SSSR count). The van der Waals surface area contributed by atoms with E-state index in [2.05, 4.69) is 15.3 Å². The molecule has 160 valence electrons. The Hall–Kier alpha value is -2.74. The SMILES string of the molecule is CC.O=c1c(C2CCNCC2)cc2nccnc2n1Cc1ccccc1C(F)(F)F. The third-order valence-electron chi connectivity index (χ3n) is 5.18. The second-order valence-corrected chi connectivity index (χ2v) is 6.94. The van der Waals surface area contributed by atoms with E-state index in [4.69, 9.17) is 0 Å². The zero-order chi connectivity index (χ0) is 21.7. The van der Waals surface area contributed by atoms with Crippen LogP contribution < -0.4 is 10.9 Å². The van der Waals surface area contributed by atoms with Crippen molar-refractivity contribution in [3.05, 3.63) is 69.8 Å². The normalized spacial score (nSPS) is 15.0. The van der Waals surface area contributed by atoms with Gasteiger partial charge in [-0.25, -0.2) is 4.98 Å². The Labute approximate surface area is 173 Å². The van der Waals surface area contributed by atoms with Gasteiger partial charge in [-0.15, -0.1) is 0 Å². The Morgan fingerprint density at radius 3 is 2.47 bits per heavy atom. The van der Waals surface area contributed by atoms with Gasteiger partial charge in [0.2, 0.25) is 0 Å². The fraction of sp³-hybridized carbons (Fsp3) is 0.409. The summed E-state index contributed by atoms with van der Waals surface area (Å²) < 4.78 is 41.6. The predicted molar refractivity (Wildman–Crippen MR) is 111 cm³/mol. The summed E-state index contributed by atoms with van der Waals surface area (Å²) in [5.74, 6) is 0.0595. The second kappa shape index (κ2) is 9.38. The lowest BCUT2D eigenvalue weighted by atomic mass is 9.91. The second-order valence-electron chi connectivity index (χ2n) is 6.94. The van der Waals surface area contributed by atoms with Gasteiger partial charge in [0, 0.05) is 18.0 Å². The summed E-state index contributed by atoms with van der Waals surface area (Å²) in [5.41, 5.74) is 0.399. The van der Waals surface area contributed by atoms with E-state index in [-0.39, 0.29) is 23.6 Å². The Kier molecular flexibility index (Phi) is 6.87. The predicted octanol–water partition coefficient (Wildman–Crippen LogP) is 4.35. The zero-order valence-corrected chi connectivity index (χ0v) is 17.0. The first-order valence-electron chi connectivity index (χ1n) is 10.2. The van der Waals surface area contributed by atoms with Gasteiger partial charge in [-0.1, -0.05) is 32.0 Å². The molecule has 1 aromatic carbocycles. The summed E-state index contributed by atoms with van der Waals surface area (Å²) in [6.07, 6.45) is 0.0831. The van der Waals surface area contributed by atoms with E-state index in [1.54, 1.807) is 12.1 Å². The zero-order valence-electron chi connectivity index (χ0n) is 17.0. The molecule has 3 aromatic rings. The number of piperidine rings is 1. The van der Waals surface area contributed by atoms with Crippen LogP contribution in [0.5, 0.6) is 0 Å². The number of alkyl halides is 3. The average molecular weight is 418 g/mol. The van der Waals surface area contributed by atoms with Crippen molar-refractivity contribution in [2.24, 2.45) is 0 Å². The van der Waals surface area contributed by atoms with Crippen LogP contribution in [-0.2, 0) is 12.7 Å². The number of nitrogens with zero attached hydrogens (tertiary/aromatic N) is 3. The number of hydrogen-bond acceptors (Lipinski definition) is 4. The highest BCUT2D eigenvalue weighted by molar-refractivity contribution is 5.70. The Morgan fingerprint density at radius 1 is 1.10 bits per heavy atom. The molecule has 1 fully saturated rings. The number of pyridine rings is 1. The van der Waals surface area contributed by atoms with Crippen LogP contribution in [0.15, 0.2) is 47.5 Å². The maximum Gasteiger partial charge on any atom is 0.416 e. The van der Waals surface area contributed by atoms with Crippen LogP contribution in [-0.4, -0.2) is 27.6 Å². The van der Waals surface area contributed by atoms with Gasteiger partial charge < -0.3 is 5.32 Å². The molecule has 0 atom stereocenters. The van der Waals surface area contributed by atoms with Gasteiger partial charge in [-0.05, 0) is 49.5 Å². The summed E-state index contributed by atoms with van der Waals surface area (Å²) in [7, 11) is 0. The smallest absolute Gasteiger partial charge is 0.317 e. The van der Waals surface area contributed by atoms with Gasteiger partial charge in [0.05, 0.1) is 12.1 Å². The van der Waals surface area contributed by atoms with Crippen molar-refractivity contribution in [3.8, 4) is 0 Å². The first-order valence-corrected chi connectivity index (χ1v) is 10.2. The van der Waals surface area contributed by atoms with Crippen LogP contribution in [0.3, 0.4) is 0 Å². The molecule has 0 bridgehead atoms. The number of rotatable bonds is 3. The maximum atomic E-state index is 13.4. The summed E-state index contributed by atoms with van der Waals surface area (Å²) in [5, 5.41) is 3.26. The van der Waals surface area contributed by atoms with E-state index in [1.165, 1.54) is 29.1 Å². The molecule has 2 aromatic heterocycles. The highest BCUT2D eigenvalue weighted by Gasteiger charge is 2.33. The Bertz CT molecular complexity index is 1060. The van der Waals surface area contributed by atoms with Crippen LogP contribution in [0.1, 0.15) is 49.3 Å². The Morgan fingerprint density at radius 2 is 1.77 bits per heavy atom. The molecule has 0 radical (unpaired) electrons. The van der Waals surface area contributed by atoms with E-state index in [1.807, 2.05) is 13.8 Å².